The van der Waals surface area contributed by atoms with Crippen LogP contribution in [0.4, 0.5) is 5.69 Å². The van der Waals surface area contributed by atoms with E-state index in [1.807, 2.05) is 6.07 Å². The van der Waals surface area contributed by atoms with Crippen molar-refractivity contribution in [3.05, 3.63) is 38.3 Å². The van der Waals surface area contributed by atoms with Crippen molar-refractivity contribution in [3.63, 3.8) is 0 Å². The summed E-state index contributed by atoms with van der Waals surface area (Å²) < 4.78 is 0.878. The van der Waals surface area contributed by atoms with Crippen LogP contribution in [-0.4, -0.2) is 11.0 Å². The van der Waals surface area contributed by atoms with Crippen LogP contribution in [0.2, 0.25) is 0 Å². The molecule has 5 heteroatoms. The lowest BCUT2D eigenvalue weighted by Gasteiger charge is -2.19. The summed E-state index contributed by atoms with van der Waals surface area (Å²) in [5.74, 6) is 1.36. The summed E-state index contributed by atoms with van der Waals surface area (Å²) in [4.78, 5) is 10.7. The summed E-state index contributed by atoms with van der Waals surface area (Å²) in [5, 5.41) is 14.5. The van der Waals surface area contributed by atoms with Crippen LogP contribution < -0.4 is 5.32 Å². The molecule has 1 saturated carbocycles. The molecule has 0 radical (unpaired) electrons. The largest absolute Gasteiger partial charge is 0.309 e. The van der Waals surface area contributed by atoms with E-state index in [4.69, 9.17) is 0 Å². The van der Waals surface area contributed by atoms with E-state index in [1.165, 1.54) is 6.42 Å². The van der Waals surface area contributed by atoms with E-state index in [2.05, 4.69) is 35.1 Å². The number of nitro groups is 1. The smallest absolute Gasteiger partial charge is 0.273 e. The quantitative estimate of drug-likeness (QED) is 0.674. The molecule has 19 heavy (non-hydrogen) atoms. The van der Waals surface area contributed by atoms with Gasteiger partial charge in [0.15, 0.2) is 0 Å². The Labute approximate surface area is 121 Å². The van der Waals surface area contributed by atoms with Gasteiger partial charge in [0.1, 0.15) is 0 Å². The zero-order chi connectivity index (χ0) is 14.0. The normalized spacial score (nSPS) is 26.6. The van der Waals surface area contributed by atoms with Crippen LogP contribution in [0.3, 0.4) is 0 Å². The second kappa shape index (κ2) is 6.01. The van der Waals surface area contributed by atoms with E-state index < -0.39 is 0 Å². The fraction of sp³-hybridized carbons (Fsp3) is 0.571. The Morgan fingerprint density at radius 2 is 2.16 bits per heavy atom. The van der Waals surface area contributed by atoms with Crippen LogP contribution in [0.25, 0.3) is 0 Å². The second-order valence-corrected chi connectivity index (χ2v) is 6.35. The number of nitrogens with one attached hydrogen (secondary N) is 1. The average Bonchev–Trinajstić information content (AvgIpc) is 2.67. The van der Waals surface area contributed by atoms with Crippen molar-refractivity contribution in [2.45, 2.75) is 39.3 Å². The number of benzene rings is 1. The highest BCUT2D eigenvalue weighted by Gasteiger charge is 2.29. The molecule has 3 atom stereocenters. The molecular weight excluding hydrogens is 308 g/mol. The van der Waals surface area contributed by atoms with Crippen molar-refractivity contribution in [2.75, 3.05) is 0 Å². The van der Waals surface area contributed by atoms with Gasteiger partial charge in [-0.1, -0.05) is 29.8 Å². The van der Waals surface area contributed by atoms with Gasteiger partial charge < -0.3 is 5.32 Å². The second-order valence-electron chi connectivity index (χ2n) is 5.43. The van der Waals surface area contributed by atoms with Crippen LogP contribution in [0.1, 0.15) is 32.3 Å². The van der Waals surface area contributed by atoms with Crippen molar-refractivity contribution in [2.24, 2.45) is 11.8 Å². The first-order valence-electron chi connectivity index (χ1n) is 6.65. The van der Waals surface area contributed by atoms with E-state index in [9.17, 15) is 10.1 Å². The fourth-order valence-corrected chi connectivity index (χ4v) is 3.18. The van der Waals surface area contributed by atoms with Crippen LogP contribution >= 0.6 is 15.9 Å². The summed E-state index contributed by atoms with van der Waals surface area (Å²) in [6, 6.07) is 5.56. The van der Waals surface area contributed by atoms with E-state index >= 15 is 0 Å². The highest BCUT2D eigenvalue weighted by atomic mass is 79.9. The summed E-state index contributed by atoms with van der Waals surface area (Å²) in [6.45, 7) is 5.08. The lowest BCUT2D eigenvalue weighted by Crippen LogP contribution is -2.32. The van der Waals surface area contributed by atoms with Gasteiger partial charge in [-0.15, -0.1) is 0 Å². The van der Waals surface area contributed by atoms with Crippen molar-refractivity contribution >= 4 is 21.6 Å². The number of hydrogen-bond acceptors (Lipinski definition) is 3. The molecule has 1 aliphatic rings. The lowest BCUT2D eigenvalue weighted by atomic mass is 9.97. The Bertz CT molecular complexity index is 479. The number of nitrogens with zero attached hydrogens (tertiary/aromatic N) is 1. The molecule has 0 amide bonds. The third-order valence-electron chi connectivity index (χ3n) is 4.26. The molecule has 3 unspecified atom stereocenters. The first-order chi connectivity index (χ1) is 8.99. The molecule has 0 spiro atoms. The molecule has 1 aliphatic carbocycles. The minimum absolute atomic E-state index is 0.189. The van der Waals surface area contributed by atoms with Crippen molar-refractivity contribution in [3.8, 4) is 0 Å². The number of nitro benzene ring substituents is 1. The van der Waals surface area contributed by atoms with E-state index in [1.54, 1.807) is 12.1 Å². The van der Waals surface area contributed by atoms with Crippen molar-refractivity contribution < 1.29 is 4.92 Å². The summed E-state index contributed by atoms with van der Waals surface area (Å²) in [7, 11) is 0. The van der Waals surface area contributed by atoms with E-state index in [-0.39, 0.29) is 10.6 Å². The average molecular weight is 327 g/mol. The molecule has 1 N–H and O–H groups in total. The Hall–Kier alpha value is -0.940. The third-order valence-corrected chi connectivity index (χ3v) is 4.75. The molecule has 1 fully saturated rings. The van der Waals surface area contributed by atoms with Gasteiger partial charge in [-0.3, -0.25) is 10.1 Å². The number of hydrogen-bond donors (Lipinski definition) is 1. The van der Waals surface area contributed by atoms with Crippen molar-refractivity contribution in [1.82, 2.24) is 5.32 Å². The van der Waals surface area contributed by atoms with Gasteiger partial charge in [-0.25, -0.2) is 0 Å². The lowest BCUT2D eigenvalue weighted by molar-refractivity contribution is -0.385. The van der Waals surface area contributed by atoms with Gasteiger partial charge in [0.25, 0.3) is 5.69 Å². The molecule has 1 aromatic carbocycles. The summed E-state index contributed by atoms with van der Waals surface area (Å²) >= 11 is 3.37. The van der Waals surface area contributed by atoms with Crippen molar-refractivity contribution in [1.29, 1.82) is 0 Å². The number of halogens is 1. The maximum atomic E-state index is 11.0. The molecule has 104 valence electrons. The van der Waals surface area contributed by atoms with E-state index in [0.29, 0.717) is 18.5 Å². The van der Waals surface area contributed by atoms with Gasteiger partial charge in [-0.05, 0) is 36.8 Å². The van der Waals surface area contributed by atoms with E-state index in [0.717, 1.165) is 22.4 Å². The Balaban J connectivity index is 2.07. The van der Waals surface area contributed by atoms with Crippen LogP contribution in [0.15, 0.2) is 22.7 Å². The minimum Gasteiger partial charge on any atom is -0.309 e. The highest BCUT2D eigenvalue weighted by Crippen LogP contribution is 2.31. The number of rotatable bonds is 4. The zero-order valence-electron chi connectivity index (χ0n) is 11.2. The van der Waals surface area contributed by atoms with Gasteiger partial charge in [0, 0.05) is 28.7 Å². The molecule has 1 aromatic rings. The van der Waals surface area contributed by atoms with Crippen LogP contribution in [0.5, 0.6) is 0 Å². The maximum absolute atomic E-state index is 11.0. The molecular formula is C14H19BrN2O2. The van der Waals surface area contributed by atoms with Gasteiger partial charge in [0.05, 0.1) is 4.92 Å². The summed E-state index contributed by atoms with van der Waals surface area (Å²) in [6.07, 6.45) is 2.39. The maximum Gasteiger partial charge on any atom is 0.273 e. The highest BCUT2D eigenvalue weighted by molar-refractivity contribution is 9.10. The predicted molar refractivity (Wildman–Crippen MR) is 79.0 cm³/mol. The topological polar surface area (TPSA) is 55.2 Å². The monoisotopic (exact) mass is 326 g/mol. The Kier molecular flexibility index (Phi) is 4.58. The van der Waals surface area contributed by atoms with Crippen LogP contribution in [0, 0.1) is 22.0 Å². The molecule has 4 nitrogen and oxygen atoms in total. The molecule has 0 saturated heterocycles. The Morgan fingerprint density at radius 1 is 1.42 bits per heavy atom. The van der Waals surface area contributed by atoms with Crippen LogP contribution in [-0.2, 0) is 6.54 Å². The van der Waals surface area contributed by atoms with Gasteiger partial charge in [-0.2, -0.15) is 0 Å². The SMILES string of the molecule is CC1CCC(NCc2cc(Br)ccc2[N+](=O)[O-])C1C. The fourth-order valence-electron chi connectivity index (χ4n) is 2.77. The molecule has 0 aromatic heterocycles. The third kappa shape index (κ3) is 3.34. The standard InChI is InChI=1S/C14H19BrN2O2/c1-9-3-5-13(10(9)2)16-8-11-7-12(15)4-6-14(11)17(18)19/h4,6-7,9-10,13,16H,3,5,8H2,1-2H3. The first kappa shape index (κ1) is 14.5. The minimum atomic E-state index is -0.315. The molecule has 0 heterocycles. The van der Waals surface area contributed by atoms with Gasteiger partial charge in [0.2, 0.25) is 0 Å². The first-order valence-corrected chi connectivity index (χ1v) is 7.44. The molecule has 2 rings (SSSR count). The zero-order valence-corrected chi connectivity index (χ0v) is 12.8. The Morgan fingerprint density at radius 3 is 2.74 bits per heavy atom. The predicted octanol–water partition coefficient (Wildman–Crippen LogP) is 3.88. The molecule has 0 bridgehead atoms. The summed E-state index contributed by atoms with van der Waals surface area (Å²) in [5.41, 5.74) is 0.931. The molecule has 0 aliphatic heterocycles. The van der Waals surface area contributed by atoms with Gasteiger partial charge >= 0.3 is 0 Å².